The molecule has 1 fully saturated rings. The van der Waals surface area contributed by atoms with E-state index in [0.717, 1.165) is 5.56 Å². The minimum atomic E-state index is -0.478. The van der Waals surface area contributed by atoms with Crippen LogP contribution in [0.25, 0.3) is 0 Å². The lowest BCUT2D eigenvalue weighted by molar-refractivity contribution is -0.385. The van der Waals surface area contributed by atoms with Crippen molar-refractivity contribution in [1.29, 1.82) is 0 Å². The normalized spacial score (nSPS) is 15.8. The molecule has 2 aromatic heterocycles. The smallest absolute Gasteiger partial charge is 0.287 e. The van der Waals surface area contributed by atoms with Gasteiger partial charge in [-0.1, -0.05) is 19.3 Å². The van der Waals surface area contributed by atoms with Crippen LogP contribution in [0.5, 0.6) is 0 Å². The molecule has 1 N–H and O–H groups in total. The fourth-order valence-electron chi connectivity index (χ4n) is 2.85. The third kappa shape index (κ3) is 3.94. The standard InChI is InChI=1S/C16H19N5O2/c22-21(23)15-6-7-16(17-11-15)19-18-10-13-8-9-20(12-13)14-4-2-1-3-5-14/h6-12,14H,1-5H2,(H,17,19)/b18-10-. The van der Waals surface area contributed by atoms with Gasteiger partial charge < -0.3 is 4.57 Å². The highest BCUT2D eigenvalue weighted by Gasteiger charge is 2.14. The van der Waals surface area contributed by atoms with Crippen molar-refractivity contribution >= 4 is 17.7 Å². The van der Waals surface area contributed by atoms with Crippen LogP contribution in [-0.4, -0.2) is 20.7 Å². The maximum absolute atomic E-state index is 10.6. The molecule has 1 aliphatic carbocycles. The lowest BCUT2D eigenvalue weighted by Gasteiger charge is -2.23. The number of pyridine rings is 1. The van der Waals surface area contributed by atoms with Crippen LogP contribution < -0.4 is 5.43 Å². The van der Waals surface area contributed by atoms with Gasteiger partial charge >= 0.3 is 0 Å². The molecule has 0 amide bonds. The fourth-order valence-corrected chi connectivity index (χ4v) is 2.85. The Balaban J connectivity index is 1.57. The first kappa shape index (κ1) is 15.2. The lowest BCUT2D eigenvalue weighted by Crippen LogP contribution is -2.10. The molecule has 0 unspecified atom stereocenters. The quantitative estimate of drug-likeness (QED) is 0.517. The molecule has 1 aliphatic rings. The van der Waals surface area contributed by atoms with Gasteiger partial charge in [-0.25, -0.2) is 4.98 Å². The van der Waals surface area contributed by atoms with Gasteiger partial charge in [0.2, 0.25) is 0 Å². The van der Waals surface area contributed by atoms with E-state index in [1.165, 1.54) is 50.4 Å². The van der Waals surface area contributed by atoms with Gasteiger partial charge in [0, 0.05) is 30.1 Å². The lowest BCUT2D eigenvalue weighted by atomic mass is 9.95. The summed E-state index contributed by atoms with van der Waals surface area (Å²) < 4.78 is 2.27. The molecular formula is C16H19N5O2. The van der Waals surface area contributed by atoms with E-state index in [1.54, 1.807) is 6.21 Å². The molecule has 0 aromatic carbocycles. The molecule has 2 aromatic rings. The van der Waals surface area contributed by atoms with Crippen molar-refractivity contribution < 1.29 is 4.92 Å². The first-order chi connectivity index (χ1) is 11.2. The summed E-state index contributed by atoms with van der Waals surface area (Å²) in [6.07, 6.45) is 13.6. The van der Waals surface area contributed by atoms with Gasteiger partial charge in [0.05, 0.1) is 11.1 Å². The molecule has 23 heavy (non-hydrogen) atoms. The van der Waals surface area contributed by atoms with Crippen LogP contribution in [0.4, 0.5) is 11.5 Å². The van der Waals surface area contributed by atoms with E-state index >= 15 is 0 Å². The Morgan fingerprint density at radius 1 is 1.30 bits per heavy atom. The largest absolute Gasteiger partial charge is 0.351 e. The second-order valence-electron chi connectivity index (χ2n) is 5.71. The number of hydrazone groups is 1. The second kappa shape index (κ2) is 7.04. The molecule has 3 rings (SSSR count). The SMILES string of the molecule is O=[N+]([O-])c1ccc(N/N=C\c2ccn(C3CCCCC3)c2)nc1. The van der Waals surface area contributed by atoms with E-state index in [4.69, 9.17) is 0 Å². The van der Waals surface area contributed by atoms with Crippen molar-refractivity contribution in [3.63, 3.8) is 0 Å². The molecule has 120 valence electrons. The van der Waals surface area contributed by atoms with E-state index in [9.17, 15) is 10.1 Å². The molecule has 7 nitrogen and oxygen atoms in total. The summed E-state index contributed by atoms with van der Waals surface area (Å²) in [4.78, 5) is 14.0. The van der Waals surface area contributed by atoms with Gasteiger partial charge in [0.1, 0.15) is 12.0 Å². The topological polar surface area (TPSA) is 85.4 Å². The summed E-state index contributed by atoms with van der Waals surface area (Å²) in [6, 6.07) is 5.56. The van der Waals surface area contributed by atoms with Crippen molar-refractivity contribution in [3.05, 3.63) is 52.5 Å². The zero-order valence-electron chi connectivity index (χ0n) is 12.8. The number of nitrogens with zero attached hydrogens (tertiary/aromatic N) is 4. The maximum Gasteiger partial charge on any atom is 0.287 e. The van der Waals surface area contributed by atoms with Crippen molar-refractivity contribution in [1.82, 2.24) is 9.55 Å². The summed E-state index contributed by atoms with van der Waals surface area (Å²) in [7, 11) is 0. The van der Waals surface area contributed by atoms with Crippen molar-refractivity contribution in [2.45, 2.75) is 38.1 Å². The highest BCUT2D eigenvalue weighted by molar-refractivity contribution is 5.79. The number of nitro groups is 1. The zero-order chi connectivity index (χ0) is 16.1. The van der Waals surface area contributed by atoms with Crippen LogP contribution in [0.15, 0.2) is 41.9 Å². The van der Waals surface area contributed by atoms with E-state index in [1.807, 2.05) is 6.07 Å². The van der Waals surface area contributed by atoms with Crippen molar-refractivity contribution in [2.24, 2.45) is 5.10 Å². The minimum Gasteiger partial charge on any atom is -0.351 e. The summed E-state index contributed by atoms with van der Waals surface area (Å²) in [5, 5.41) is 14.7. The Bertz CT molecular complexity index is 687. The molecule has 0 bridgehead atoms. The highest BCUT2D eigenvalue weighted by Crippen LogP contribution is 2.28. The Morgan fingerprint density at radius 3 is 2.83 bits per heavy atom. The Morgan fingerprint density at radius 2 is 2.13 bits per heavy atom. The number of aromatic nitrogens is 2. The van der Waals surface area contributed by atoms with Crippen molar-refractivity contribution in [3.8, 4) is 0 Å². The third-order valence-corrected chi connectivity index (χ3v) is 4.09. The molecule has 0 spiro atoms. The summed E-state index contributed by atoms with van der Waals surface area (Å²) in [5.41, 5.74) is 3.76. The van der Waals surface area contributed by atoms with Gasteiger partial charge in [-0.3, -0.25) is 15.5 Å². The number of rotatable bonds is 5. The predicted octanol–water partition coefficient (Wildman–Crippen LogP) is 3.74. The second-order valence-corrected chi connectivity index (χ2v) is 5.71. The number of anilines is 1. The van der Waals surface area contributed by atoms with E-state index in [0.29, 0.717) is 11.9 Å². The summed E-state index contributed by atoms with van der Waals surface area (Å²) in [5.74, 6) is 0.471. The maximum atomic E-state index is 10.6. The Labute approximate surface area is 134 Å². The van der Waals surface area contributed by atoms with Crippen LogP contribution in [0.3, 0.4) is 0 Å². The summed E-state index contributed by atoms with van der Waals surface area (Å²) >= 11 is 0. The molecule has 2 heterocycles. The molecule has 0 saturated heterocycles. The number of nitrogens with one attached hydrogen (secondary N) is 1. The monoisotopic (exact) mass is 313 g/mol. The number of hydrogen-bond acceptors (Lipinski definition) is 5. The zero-order valence-corrected chi connectivity index (χ0v) is 12.8. The molecule has 0 atom stereocenters. The average molecular weight is 313 g/mol. The van der Waals surface area contributed by atoms with Crippen LogP contribution >= 0.6 is 0 Å². The molecule has 0 radical (unpaired) electrons. The Hall–Kier alpha value is -2.70. The first-order valence-electron chi connectivity index (χ1n) is 7.79. The highest BCUT2D eigenvalue weighted by atomic mass is 16.6. The first-order valence-corrected chi connectivity index (χ1v) is 7.79. The van der Waals surface area contributed by atoms with Crippen LogP contribution in [0.2, 0.25) is 0 Å². The predicted molar refractivity (Wildman–Crippen MR) is 88.7 cm³/mol. The fraction of sp³-hybridized carbons (Fsp3) is 0.375. The number of hydrogen-bond donors (Lipinski definition) is 1. The molecule has 1 saturated carbocycles. The molecule has 7 heteroatoms. The Kier molecular flexibility index (Phi) is 4.65. The van der Waals surface area contributed by atoms with Gasteiger partial charge in [-0.2, -0.15) is 5.10 Å². The summed E-state index contributed by atoms with van der Waals surface area (Å²) in [6.45, 7) is 0. The molecular weight excluding hydrogens is 294 g/mol. The minimum absolute atomic E-state index is 0.0379. The van der Waals surface area contributed by atoms with Gasteiger partial charge in [-0.15, -0.1) is 0 Å². The van der Waals surface area contributed by atoms with Crippen LogP contribution in [0.1, 0.15) is 43.7 Å². The van der Waals surface area contributed by atoms with Crippen LogP contribution in [0, 0.1) is 10.1 Å². The molecule has 0 aliphatic heterocycles. The average Bonchev–Trinajstić information content (AvgIpc) is 3.05. The third-order valence-electron chi connectivity index (χ3n) is 4.09. The van der Waals surface area contributed by atoms with E-state index in [-0.39, 0.29) is 5.69 Å². The van der Waals surface area contributed by atoms with Gasteiger partial charge in [0.15, 0.2) is 0 Å². The van der Waals surface area contributed by atoms with E-state index in [2.05, 4.69) is 32.5 Å². The van der Waals surface area contributed by atoms with Gasteiger partial charge in [0.25, 0.3) is 5.69 Å². The van der Waals surface area contributed by atoms with Crippen molar-refractivity contribution in [2.75, 3.05) is 5.43 Å². The van der Waals surface area contributed by atoms with Crippen LogP contribution in [-0.2, 0) is 0 Å². The van der Waals surface area contributed by atoms with E-state index < -0.39 is 4.92 Å². The van der Waals surface area contributed by atoms with Gasteiger partial charge in [-0.05, 0) is 25.0 Å².